The second-order valence-corrected chi connectivity index (χ2v) is 5.88. The van der Waals surface area contributed by atoms with E-state index in [1.165, 1.54) is 12.5 Å². The smallest absolute Gasteiger partial charge is 0.273 e. The van der Waals surface area contributed by atoms with E-state index in [-0.39, 0.29) is 17.8 Å². The molecule has 3 aromatic rings. The number of aromatic amines is 1. The zero-order chi connectivity index (χ0) is 18.5. The van der Waals surface area contributed by atoms with E-state index in [0.29, 0.717) is 5.69 Å². The Morgan fingerprint density at radius 3 is 2.85 bits per heavy atom. The van der Waals surface area contributed by atoms with Crippen LogP contribution in [0.3, 0.4) is 0 Å². The minimum Gasteiger partial charge on any atom is -0.371 e. The maximum atomic E-state index is 12.6. The van der Waals surface area contributed by atoms with E-state index in [9.17, 15) is 14.7 Å². The minimum absolute atomic E-state index is 0.0343. The van der Waals surface area contributed by atoms with Gasteiger partial charge in [0, 0.05) is 25.0 Å². The molecule has 0 spiro atoms. The van der Waals surface area contributed by atoms with Crippen LogP contribution in [0.15, 0.2) is 37.1 Å². The maximum absolute atomic E-state index is 12.6. The van der Waals surface area contributed by atoms with E-state index in [0.717, 1.165) is 17.3 Å². The SMILES string of the molecule is NC(O)C(=O)C(Cc1cc[nH]c1)NC(=O)c1nsnc1-c1ccncn1. The van der Waals surface area contributed by atoms with Crippen molar-refractivity contribution in [2.45, 2.75) is 18.7 Å². The van der Waals surface area contributed by atoms with Crippen LogP contribution in [0.4, 0.5) is 0 Å². The highest BCUT2D eigenvalue weighted by Gasteiger charge is 2.28. The van der Waals surface area contributed by atoms with Gasteiger partial charge in [-0.1, -0.05) is 0 Å². The Kier molecular flexibility index (Phi) is 5.41. The number of hydrogen-bond donors (Lipinski definition) is 4. The van der Waals surface area contributed by atoms with Gasteiger partial charge in [-0.05, 0) is 17.7 Å². The third-order valence-electron chi connectivity index (χ3n) is 3.57. The molecule has 134 valence electrons. The maximum Gasteiger partial charge on any atom is 0.273 e. The summed E-state index contributed by atoms with van der Waals surface area (Å²) in [6.07, 6.45) is 4.70. The number of aromatic nitrogens is 5. The molecule has 0 aliphatic rings. The number of aliphatic hydroxyl groups excluding tert-OH is 1. The first-order valence-corrected chi connectivity index (χ1v) is 8.28. The summed E-state index contributed by atoms with van der Waals surface area (Å²) in [5.41, 5.74) is 6.82. The molecule has 0 saturated carbocycles. The van der Waals surface area contributed by atoms with Gasteiger partial charge in [0.2, 0.25) is 0 Å². The van der Waals surface area contributed by atoms with E-state index in [4.69, 9.17) is 5.73 Å². The Balaban J connectivity index is 1.82. The second kappa shape index (κ2) is 7.91. The number of nitrogens with one attached hydrogen (secondary N) is 2. The third-order valence-corrected chi connectivity index (χ3v) is 4.10. The molecule has 2 atom stereocenters. The van der Waals surface area contributed by atoms with E-state index >= 15 is 0 Å². The van der Waals surface area contributed by atoms with Crippen molar-refractivity contribution in [1.29, 1.82) is 0 Å². The quantitative estimate of drug-likeness (QED) is 0.404. The van der Waals surface area contributed by atoms with Crippen molar-refractivity contribution >= 4 is 23.4 Å². The molecule has 11 heteroatoms. The summed E-state index contributed by atoms with van der Waals surface area (Å²) in [5.74, 6) is -1.31. The number of carbonyl (C=O) groups excluding carboxylic acids is 2. The molecule has 2 unspecified atom stereocenters. The molecule has 0 saturated heterocycles. The molecule has 3 rings (SSSR count). The highest BCUT2D eigenvalue weighted by atomic mass is 32.1. The van der Waals surface area contributed by atoms with E-state index in [1.54, 1.807) is 24.5 Å². The third kappa shape index (κ3) is 3.96. The van der Waals surface area contributed by atoms with Gasteiger partial charge in [-0.3, -0.25) is 15.3 Å². The lowest BCUT2D eigenvalue weighted by atomic mass is 10.0. The van der Waals surface area contributed by atoms with Crippen LogP contribution in [-0.2, 0) is 11.2 Å². The van der Waals surface area contributed by atoms with Gasteiger partial charge in [-0.2, -0.15) is 8.75 Å². The molecule has 3 heterocycles. The molecule has 0 aliphatic carbocycles. The fourth-order valence-corrected chi connectivity index (χ4v) is 2.87. The van der Waals surface area contributed by atoms with Crippen molar-refractivity contribution in [3.8, 4) is 11.4 Å². The van der Waals surface area contributed by atoms with Gasteiger partial charge in [0.1, 0.15) is 12.0 Å². The number of Topliss-reactive ketones (excluding diaryl/α,β-unsaturated/α-hetero) is 1. The molecule has 0 aliphatic heterocycles. The monoisotopic (exact) mass is 373 g/mol. The fraction of sp³-hybridized carbons (Fsp3) is 0.200. The topological polar surface area (TPSA) is 160 Å². The van der Waals surface area contributed by atoms with Gasteiger partial charge >= 0.3 is 0 Å². The number of carbonyl (C=O) groups is 2. The lowest BCUT2D eigenvalue weighted by Gasteiger charge is -2.18. The fourth-order valence-electron chi connectivity index (χ4n) is 2.31. The molecule has 5 N–H and O–H groups in total. The molecule has 0 bridgehead atoms. The Hall–Kier alpha value is -3.02. The summed E-state index contributed by atoms with van der Waals surface area (Å²) in [4.78, 5) is 35.5. The van der Waals surface area contributed by atoms with Crippen LogP contribution in [-0.4, -0.2) is 52.8 Å². The average molecular weight is 373 g/mol. The lowest BCUT2D eigenvalue weighted by molar-refractivity contribution is -0.128. The molecule has 0 fully saturated rings. The van der Waals surface area contributed by atoms with Gasteiger partial charge in [0.15, 0.2) is 17.7 Å². The highest BCUT2D eigenvalue weighted by Crippen LogP contribution is 2.19. The van der Waals surface area contributed by atoms with Crippen LogP contribution >= 0.6 is 11.7 Å². The van der Waals surface area contributed by atoms with Crippen LogP contribution in [0.5, 0.6) is 0 Å². The van der Waals surface area contributed by atoms with Gasteiger partial charge in [-0.15, -0.1) is 0 Å². The summed E-state index contributed by atoms with van der Waals surface area (Å²) in [7, 11) is 0. The van der Waals surface area contributed by atoms with Crippen LogP contribution in [0, 0.1) is 0 Å². The van der Waals surface area contributed by atoms with Crippen molar-refractivity contribution in [2.24, 2.45) is 5.73 Å². The van der Waals surface area contributed by atoms with Gasteiger partial charge in [-0.25, -0.2) is 9.97 Å². The Bertz CT molecular complexity index is 880. The number of nitrogens with zero attached hydrogens (tertiary/aromatic N) is 4. The molecule has 0 radical (unpaired) electrons. The Labute approximate surface area is 151 Å². The lowest BCUT2D eigenvalue weighted by Crippen LogP contribution is -2.49. The van der Waals surface area contributed by atoms with Crippen molar-refractivity contribution in [3.05, 3.63) is 48.3 Å². The predicted molar refractivity (Wildman–Crippen MR) is 91.9 cm³/mol. The van der Waals surface area contributed by atoms with Crippen molar-refractivity contribution < 1.29 is 14.7 Å². The number of aliphatic hydroxyl groups is 1. The summed E-state index contributed by atoms with van der Waals surface area (Å²) in [6, 6.07) is 2.34. The molecule has 10 nitrogen and oxygen atoms in total. The molecule has 26 heavy (non-hydrogen) atoms. The van der Waals surface area contributed by atoms with Gasteiger partial charge in [0.05, 0.1) is 23.5 Å². The first-order chi connectivity index (χ1) is 12.6. The van der Waals surface area contributed by atoms with E-state index in [1.807, 2.05) is 0 Å². The minimum atomic E-state index is -1.70. The van der Waals surface area contributed by atoms with Gasteiger partial charge < -0.3 is 15.4 Å². The largest absolute Gasteiger partial charge is 0.371 e. The first kappa shape index (κ1) is 17.8. The highest BCUT2D eigenvalue weighted by molar-refractivity contribution is 6.99. The number of hydrogen-bond acceptors (Lipinski definition) is 9. The zero-order valence-electron chi connectivity index (χ0n) is 13.4. The summed E-state index contributed by atoms with van der Waals surface area (Å²) >= 11 is 0.851. The van der Waals surface area contributed by atoms with Crippen LogP contribution in [0.1, 0.15) is 16.1 Å². The number of rotatable bonds is 7. The van der Waals surface area contributed by atoms with Crippen LogP contribution < -0.4 is 11.1 Å². The summed E-state index contributed by atoms with van der Waals surface area (Å²) in [5, 5.41) is 12.0. The number of nitrogens with two attached hydrogens (primary N) is 1. The number of amides is 1. The number of ketones is 1. The van der Waals surface area contributed by atoms with Gasteiger partial charge in [0.25, 0.3) is 5.91 Å². The number of H-pyrrole nitrogens is 1. The second-order valence-electron chi connectivity index (χ2n) is 5.35. The van der Waals surface area contributed by atoms with Crippen LogP contribution in [0.25, 0.3) is 11.4 Å². The first-order valence-electron chi connectivity index (χ1n) is 7.55. The van der Waals surface area contributed by atoms with Crippen molar-refractivity contribution in [1.82, 2.24) is 29.0 Å². The molecule has 0 aromatic carbocycles. The normalized spacial score (nSPS) is 13.2. The van der Waals surface area contributed by atoms with Crippen molar-refractivity contribution in [3.63, 3.8) is 0 Å². The van der Waals surface area contributed by atoms with Crippen LogP contribution in [0.2, 0.25) is 0 Å². The zero-order valence-corrected chi connectivity index (χ0v) is 14.2. The molecule has 1 amide bonds. The summed E-state index contributed by atoms with van der Waals surface area (Å²) in [6.45, 7) is 0. The molecular formula is C15H15N7O3S. The summed E-state index contributed by atoms with van der Waals surface area (Å²) < 4.78 is 8.08. The van der Waals surface area contributed by atoms with E-state index < -0.39 is 24.0 Å². The standard InChI is InChI=1S/C15H15N7O3S/c16-14(24)13(23)10(5-8-1-3-17-6-8)20-15(25)12-11(21-26-22-12)9-2-4-18-7-19-9/h1-4,6-7,10,14,17,24H,5,16H2,(H,20,25). The Morgan fingerprint density at radius 1 is 1.35 bits per heavy atom. The van der Waals surface area contributed by atoms with Crippen molar-refractivity contribution in [2.75, 3.05) is 0 Å². The molecule has 3 aromatic heterocycles. The van der Waals surface area contributed by atoms with E-state index in [2.05, 4.69) is 29.0 Å². The molecular weight excluding hydrogens is 358 g/mol. The average Bonchev–Trinajstić information content (AvgIpc) is 3.32. The predicted octanol–water partition coefficient (Wildman–Crippen LogP) is -0.490. The Morgan fingerprint density at radius 2 is 2.19 bits per heavy atom.